The maximum Gasteiger partial charge on any atom is 0.196 e. The van der Waals surface area contributed by atoms with Crippen LogP contribution >= 0.6 is 0 Å². The van der Waals surface area contributed by atoms with E-state index in [0.717, 1.165) is 5.56 Å². The van der Waals surface area contributed by atoms with Crippen LogP contribution in [0.15, 0.2) is 30.3 Å². The molecule has 0 aliphatic rings. The first-order chi connectivity index (χ1) is 9.97. The van der Waals surface area contributed by atoms with Gasteiger partial charge in [0.1, 0.15) is 5.82 Å². The van der Waals surface area contributed by atoms with Crippen molar-refractivity contribution in [3.63, 3.8) is 0 Å². The van der Waals surface area contributed by atoms with E-state index in [4.69, 9.17) is 9.47 Å². The van der Waals surface area contributed by atoms with Gasteiger partial charge in [-0.2, -0.15) is 0 Å². The predicted octanol–water partition coefficient (Wildman–Crippen LogP) is 3.69. The van der Waals surface area contributed by atoms with E-state index in [1.165, 1.54) is 26.4 Å². The SMILES string of the molecule is COc1cc(C)c(C(=O)c2ccc(C)cc2F)cc1OC. The van der Waals surface area contributed by atoms with E-state index >= 15 is 0 Å². The van der Waals surface area contributed by atoms with Crippen LogP contribution in [0, 0.1) is 19.7 Å². The first-order valence-electron chi connectivity index (χ1n) is 6.51. The summed E-state index contributed by atoms with van der Waals surface area (Å²) in [5.41, 5.74) is 1.93. The summed E-state index contributed by atoms with van der Waals surface area (Å²) in [6.07, 6.45) is 0. The lowest BCUT2D eigenvalue weighted by atomic mass is 9.97. The number of hydrogen-bond donors (Lipinski definition) is 0. The van der Waals surface area contributed by atoms with E-state index in [2.05, 4.69) is 0 Å². The van der Waals surface area contributed by atoms with Gasteiger partial charge in [-0.1, -0.05) is 6.07 Å². The lowest BCUT2D eigenvalue weighted by Crippen LogP contribution is -2.07. The summed E-state index contributed by atoms with van der Waals surface area (Å²) in [6, 6.07) is 7.85. The minimum atomic E-state index is -0.519. The second kappa shape index (κ2) is 5.95. The van der Waals surface area contributed by atoms with E-state index in [1.54, 1.807) is 32.0 Å². The fraction of sp³-hybridized carbons (Fsp3) is 0.235. The summed E-state index contributed by atoms with van der Waals surface area (Å²) < 4.78 is 24.4. The zero-order valence-electron chi connectivity index (χ0n) is 12.5. The second-order valence-electron chi connectivity index (χ2n) is 4.83. The first-order valence-corrected chi connectivity index (χ1v) is 6.51. The molecule has 0 saturated carbocycles. The highest BCUT2D eigenvalue weighted by Crippen LogP contribution is 2.31. The lowest BCUT2D eigenvalue weighted by Gasteiger charge is -2.12. The Morgan fingerprint density at radius 1 is 0.952 bits per heavy atom. The number of rotatable bonds is 4. The third-order valence-electron chi connectivity index (χ3n) is 3.34. The summed E-state index contributed by atoms with van der Waals surface area (Å²) in [6.45, 7) is 3.56. The molecule has 0 amide bonds. The molecule has 3 nitrogen and oxygen atoms in total. The molecule has 2 aromatic rings. The van der Waals surface area contributed by atoms with Gasteiger partial charge in [0, 0.05) is 5.56 Å². The summed E-state index contributed by atoms with van der Waals surface area (Å²) in [4.78, 5) is 12.5. The van der Waals surface area contributed by atoms with Crippen LogP contribution in [0.25, 0.3) is 0 Å². The zero-order chi connectivity index (χ0) is 15.6. The Labute approximate surface area is 123 Å². The Kier molecular flexibility index (Phi) is 4.26. The van der Waals surface area contributed by atoms with Crippen molar-refractivity contribution < 1.29 is 18.7 Å². The number of ketones is 1. The van der Waals surface area contributed by atoms with E-state index in [-0.39, 0.29) is 11.3 Å². The van der Waals surface area contributed by atoms with Gasteiger partial charge in [-0.05, 0) is 49.2 Å². The van der Waals surface area contributed by atoms with Gasteiger partial charge in [0.25, 0.3) is 0 Å². The van der Waals surface area contributed by atoms with Gasteiger partial charge < -0.3 is 9.47 Å². The molecular formula is C17H17FO3. The monoisotopic (exact) mass is 288 g/mol. The van der Waals surface area contributed by atoms with Gasteiger partial charge in [0.15, 0.2) is 17.3 Å². The molecule has 0 radical (unpaired) electrons. The van der Waals surface area contributed by atoms with Crippen LogP contribution in [0.1, 0.15) is 27.0 Å². The highest BCUT2D eigenvalue weighted by atomic mass is 19.1. The summed E-state index contributed by atoms with van der Waals surface area (Å²) >= 11 is 0. The average molecular weight is 288 g/mol. The fourth-order valence-electron chi connectivity index (χ4n) is 2.17. The molecule has 0 bridgehead atoms. The molecule has 21 heavy (non-hydrogen) atoms. The van der Waals surface area contributed by atoms with Crippen LogP contribution in [0.2, 0.25) is 0 Å². The van der Waals surface area contributed by atoms with Gasteiger partial charge in [-0.25, -0.2) is 4.39 Å². The number of methoxy groups -OCH3 is 2. The zero-order valence-corrected chi connectivity index (χ0v) is 12.5. The molecule has 0 saturated heterocycles. The topological polar surface area (TPSA) is 35.5 Å². The number of ether oxygens (including phenoxy) is 2. The number of halogens is 1. The number of benzene rings is 2. The van der Waals surface area contributed by atoms with Crippen molar-refractivity contribution in [2.24, 2.45) is 0 Å². The third kappa shape index (κ3) is 2.89. The van der Waals surface area contributed by atoms with E-state index in [0.29, 0.717) is 22.6 Å². The largest absolute Gasteiger partial charge is 0.493 e. The standard InChI is InChI=1S/C17H17FO3/c1-10-5-6-12(14(18)7-10)17(19)13-9-16(21-4)15(20-3)8-11(13)2/h5-9H,1-4H3. The van der Waals surface area contributed by atoms with Gasteiger partial charge in [0.05, 0.1) is 19.8 Å². The fourth-order valence-corrected chi connectivity index (χ4v) is 2.17. The van der Waals surface area contributed by atoms with Crippen LogP contribution in [0.3, 0.4) is 0 Å². The minimum Gasteiger partial charge on any atom is -0.493 e. The van der Waals surface area contributed by atoms with Crippen LogP contribution < -0.4 is 9.47 Å². The second-order valence-corrected chi connectivity index (χ2v) is 4.83. The van der Waals surface area contributed by atoms with Crippen molar-refractivity contribution in [2.45, 2.75) is 13.8 Å². The molecule has 0 atom stereocenters. The van der Waals surface area contributed by atoms with Crippen LogP contribution in [-0.2, 0) is 0 Å². The van der Waals surface area contributed by atoms with Crippen LogP contribution in [0.4, 0.5) is 4.39 Å². The number of hydrogen-bond acceptors (Lipinski definition) is 3. The maximum absolute atomic E-state index is 14.0. The molecule has 0 aliphatic carbocycles. The van der Waals surface area contributed by atoms with E-state index in [1.807, 2.05) is 0 Å². The predicted molar refractivity (Wildman–Crippen MR) is 78.9 cm³/mol. The van der Waals surface area contributed by atoms with Crippen LogP contribution in [0.5, 0.6) is 11.5 Å². The molecule has 0 N–H and O–H groups in total. The third-order valence-corrected chi connectivity index (χ3v) is 3.34. The van der Waals surface area contributed by atoms with Gasteiger partial charge in [-0.3, -0.25) is 4.79 Å². The van der Waals surface area contributed by atoms with E-state index in [9.17, 15) is 9.18 Å². The van der Waals surface area contributed by atoms with Crippen molar-refractivity contribution in [3.05, 3.63) is 58.4 Å². The summed E-state index contributed by atoms with van der Waals surface area (Å²) in [5.74, 6) is 0.0926. The molecule has 0 spiro atoms. The van der Waals surface area contributed by atoms with Gasteiger partial charge in [-0.15, -0.1) is 0 Å². The number of carbonyl (C=O) groups is 1. The van der Waals surface area contributed by atoms with E-state index < -0.39 is 5.82 Å². The number of carbonyl (C=O) groups excluding carboxylic acids is 1. The van der Waals surface area contributed by atoms with Gasteiger partial charge in [0.2, 0.25) is 0 Å². The molecule has 0 aliphatic heterocycles. The van der Waals surface area contributed by atoms with Crippen molar-refractivity contribution in [1.29, 1.82) is 0 Å². The Bertz CT molecular complexity index is 693. The smallest absolute Gasteiger partial charge is 0.196 e. The quantitative estimate of drug-likeness (QED) is 0.805. The normalized spacial score (nSPS) is 10.3. The Hall–Kier alpha value is -2.36. The molecule has 0 aromatic heterocycles. The molecule has 4 heteroatoms. The average Bonchev–Trinajstić information content (AvgIpc) is 2.46. The van der Waals surface area contributed by atoms with Crippen molar-refractivity contribution in [3.8, 4) is 11.5 Å². The number of aryl methyl sites for hydroxylation is 2. The van der Waals surface area contributed by atoms with Crippen molar-refractivity contribution in [2.75, 3.05) is 14.2 Å². The highest BCUT2D eigenvalue weighted by Gasteiger charge is 2.19. The molecule has 0 heterocycles. The molecule has 2 rings (SSSR count). The molecular weight excluding hydrogens is 271 g/mol. The minimum absolute atomic E-state index is 0.0518. The first kappa shape index (κ1) is 15.0. The van der Waals surface area contributed by atoms with Crippen LogP contribution in [-0.4, -0.2) is 20.0 Å². The highest BCUT2D eigenvalue weighted by molar-refractivity contribution is 6.10. The van der Waals surface area contributed by atoms with Crippen molar-refractivity contribution >= 4 is 5.78 Å². The summed E-state index contributed by atoms with van der Waals surface area (Å²) in [5, 5.41) is 0. The maximum atomic E-state index is 14.0. The lowest BCUT2D eigenvalue weighted by molar-refractivity contribution is 0.103. The van der Waals surface area contributed by atoms with Crippen molar-refractivity contribution in [1.82, 2.24) is 0 Å². The molecule has 0 fully saturated rings. The Morgan fingerprint density at radius 3 is 2.14 bits per heavy atom. The Balaban J connectivity index is 2.53. The van der Waals surface area contributed by atoms with Gasteiger partial charge >= 0.3 is 0 Å². The molecule has 110 valence electrons. The molecule has 0 unspecified atom stereocenters. The summed E-state index contributed by atoms with van der Waals surface area (Å²) in [7, 11) is 3.02. The Morgan fingerprint density at radius 2 is 1.57 bits per heavy atom. The molecule has 2 aromatic carbocycles.